The Morgan fingerprint density at radius 2 is 1.25 bits per heavy atom. The number of anilines is 1. The van der Waals surface area contributed by atoms with Crippen LogP contribution in [0.3, 0.4) is 0 Å². The van der Waals surface area contributed by atoms with Crippen LogP contribution < -0.4 is 4.90 Å². The fraction of sp³-hybridized carbons (Fsp3) is 0.545. The average Bonchev–Trinajstić information content (AvgIpc) is 3.52. The van der Waals surface area contributed by atoms with Gasteiger partial charge < -0.3 is 19.4 Å². The third kappa shape index (κ3) is 7.71. The summed E-state index contributed by atoms with van der Waals surface area (Å²) in [6.07, 6.45) is -8.11. The van der Waals surface area contributed by atoms with Crippen molar-refractivity contribution in [3.63, 3.8) is 0 Å². The Bertz CT molecular complexity index is 1450. The Balaban J connectivity index is 1.33. The fourth-order valence-corrected chi connectivity index (χ4v) is 6.91. The van der Waals surface area contributed by atoms with E-state index in [1.54, 1.807) is 9.80 Å². The first kappa shape index (κ1) is 35.4. The van der Waals surface area contributed by atoms with Crippen molar-refractivity contribution in [2.75, 3.05) is 58.4 Å². The maximum absolute atomic E-state index is 13.8. The number of alkyl halides is 6. The van der Waals surface area contributed by atoms with Crippen molar-refractivity contribution in [1.29, 1.82) is 0 Å². The van der Waals surface area contributed by atoms with E-state index >= 15 is 0 Å². The van der Waals surface area contributed by atoms with Crippen molar-refractivity contribution < 1.29 is 49.9 Å². The highest BCUT2D eigenvalue weighted by Crippen LogP contribution is 2.40. The van der Waals surface area contributed by atoms with Crippen molar-refractivity contribution in [2.24, 2.45) is 11.8 Å². The molecule has 48 heavy (non-hydrogen) atoms. The molecule has 262 valence electrons. The maximum atomic E-state index is 13.8. The molecule has 1 aliphatic carbocycles. The molecule has 4 amide bonds. The molecular weight excluding hydrogens is 649 g/mol. The first-order chi connectivity index (χ1) is 22.5. The van der Waals surface area contributed by atoms with E-state index in [1.165, 1.54) is 36.2 Å². The fourth-order valence-electron chi connectivity index (χ4n) is 6.91. The number of carbonyl (C=O) groups is 3. The van der Waals surface area contributed by atoms with E-state index in [-0.39, 0.29) is 42.8 Å². The molecule has 2 aliphatic heterocycles. The van der Waals surface area contributed by atoms with Crippen molar-refractivity contribution in [2.45, 2.75) is 50.0 Å². The maximum Gasteiger partial charge on any atom is 0.416 e. The zero-order valence-electron chi connectivity index (χ0n) is 26.5. The molecule has 2 saturated heterocycles. The van der Waals surface area contributed by atoms with Crippen LogP contribution in [0.1, 0.15) is 48.3 Å². The average molecular weight is 687 g/mol. The number of benzene rings is 2. The second kappa shape index (κ2) is 13.9. The van der Waals surface area contributed by atoms with Crippen LogP contribution in [0.15, 0.2) is 42.5 Å². The number of carbonyl (C=O) groups excluding carboxylic acids is 3. The van der Waals surface area contributed by atoms with Crippen LogP contribution >= 0.6 is 0 Å². The van der Waals surface area contributed by atoms with Gasteiger partial charge >= 0.3 is 18.4 Å². The summed E-state index contributed by atoms with van der Waals surface area (Å²) in [4.78, 5) is 45.8. The standard InChI is InChI=1S/C33H37F7N4O4/c1-41(26-16-23(32(35,36)37)15-24(17-26)33(38,39)40)31(47)42(2)28-19-44(18-27(28)20-7-9-25(34)10-8-20)30(46)22-5-3-21(4-6-22)29(45)43-11-13-48-14-12-43/h7-10,15-17,21-22,27-28H,3-6,11-14,18-19H2,1-2H3/t21?,22?,27-,28+/m0/s1. The SMILES string of the molecule is CN(C(=O)N(C)[C@@H]1CN(C(=O)C2CCC(C(=O)N3CCOCC3)CC2)C[C@H]1c1ccc(F)cc1)c1cc(C(F)(F)F)cc(C(F)(F)F)c1. The van der Waals surface area contributed by atoms with Gasteiger partial charge in [-0.3, -0.25) is 14.5 Å². The van der Waals surface area contributed by atoms with Crippen LogP contribution in [0, 0.1) is 17.7 Å². The summed E-state index contributed by atoms with van der Waals surface area (Å²) in [6.45, 7) is 2.26. The molecule has 15 heteroatoms. The summed E-state index contributed by atoms with van der Waals surface area (Å²) in [6, 6.07) is 4.83. The predicted molar refractivity (Wildman–Crippen MR) is 160 cm³/mol. The Morgan fingerprint density at radius 3 is 1.75 bits per heavy atom. The summed E-state index contributed by atoms with van der Waals surface area (Å²) in [7, 11) is 2.45. The van der Waals surface area contributed by atoms with Crippen LogP contribution in [0.25, 0.3) is 0 Å². The Labute approximate surface area is 273 Å². The van der Waals surface area contributed by atoms with Gasteiger partial charge in [-0.15, -0.1) is 0 Å². The number of morpholine rings is 1. The molecule has 2 atom stereocenters. The molecule has 2 aromatic carbocycles. The third-order valence-corrected chi connectivity index (χ3v) is 9.69. The highest BCUT2D eigenvalue weighted by molar-refractivity contribution is 5.92. The van der Waals surface area contributed by atoms with Gasteiger partial charge in [0.25, 0.3) is 0 Å². The number of halogens is 7. The van der Waals surface area contributed by atoms with E-state index in [2.05, 4.69) is 0 Å². The van der Waals surface area contributed by atoms with Gasteiger partial charge in [0.05, 0.1) is 30.4 Å². The molecule has 0 spiro atoms. The van der Waals surface area contributed by atoms with Crippen molar-refractivity contribution in [3.8, 4) is 0 Å². The minimum Gasteiger partial charge on any atom is -0.378 e. The molecule has 0 unspecified atom stereocenters. The Hall–Kier alpha value is -3.88. The Morgan fingerprint density at radius 1 is 0.750 bits per heavy atom. The van der Waals surface area contributed by atoms with Gasteiger partial charge in [0.1, 0.15) is 5.82 Å². The molecule has 0 bridgehead atoms. The molecule has 0 radical (unpaired) electrons. The number of amides is 4. The van der Waals surface area contributed by atoms with Crippen LogP contribution in [0.5, 0.6) is 0 Å². The van der Waals surface area contributed by atoms with Gasteiger partial charge in [-0.1, -0.05) is 12.1 Å². The number of ether oxygens (including phenoxy) is 1. The monoisotopic (exact) mass is 686 g/mol. The lowest BCUT2D eigenvalue weighted by atomic mass is 9.80. The minimum absolute atomic E-state index is 0.0113. The topological polar surface area (TPSA) is 73.4 Å². The lowest BCUT2D eigenvalue weighted by Gasteiger charge is -2.34. The molecule has 3 aliphatic rings. The van der Waals surface area contributed by atoms with E-state index < -0.39 is 53.0 Å². The van der Waals surface area contributed by atoms with Crippen molar-refractivity contribution in [1.82, 2.24) is 14.7 Å². The summed E-state index contributed by atoms with van der Waals surface area (Å²) in [5.74, 6) is -1.67. The highest BCUT2D eigenvalue weighted by Gasteiger charge is 2.44. The first-order valence-corrected chi connectivity index (χ1v) is 15.8. The highest BCUT2D eigenvalue weighted by atomic mass is 19.4. The molecule has 2 aromatic rings. The number of nitrogens with zero attached hydrogens (tertiary/aromatic N) is 4. The molecule has 1 saturated carbocycles. The zero-order chi connectivity index (χ0) is 35.0. The van der Waals surface area contributed by atoms with Gasteiger partial charge in [0.2, 0.25) is 11.8 Å². The first-order valence-electron chi connectivity index (χ1n) is 15.8. The number of likely N-dealkylation sites (N-methyl/N-ethyl adjacent to an activating group) is 1. The van der Waals surface area contributed by atoms with Crippen LogP contribution in [-0.2, 0) is 26.7 Å². The minimum atomic E-state index is -5.10. The second-order valence-corrected chi connectivity index (χ2v) is 12.7. The van der Waals surface area contributed by atoms with Crippen LogP contribution in [-0.4, -0.2) is 92.1 Å². The van der Waals surface area contributed by atoms with E-state index in [1.807, 2.05) is 0 Å². The largest absolute Gasteiger partial charge is 0.416 e. The summed E-state index contributed by atoms with van der Waals surface area (Å²) >= 11 is 0. The van der Waals surface area contributed by atoms with Crippen LogP contribution in [0.2, 0.25) is 0 Å². The number of rotatable bonds is 5. The number of hydrogen-bond acceptors (Lipinski definition) is 4. The lowest BCUT2D eigenvalue weighted by molar-refractivity contribution is -0.143. The number of hydrogen-bond donors (Lipinski definition) is 0. The smallest absolute Gasteiger partial charge is 0.378 e. The van der Waals surface area contributed by atoms with E-state index in [4.69, 9.17) is 4.74 Å². The quantitative estimate of drug-likeness (QED) is 0.362. The summed E-state index contributed by atoms with van der Waals surface area (Å²) in [5.41, 5.74) is -3.12. The van der Waals surface area contributed by atoms with E-state index in [0.717, 1.165) is 7.05 Å². The van der Waals surface area contributed by atoms with Gasteiger partial charge in [-0.2, -0.15) is 26.3 Å². The molecule has 0 aromatic heterocycles. The summed E-state index contributed by atoms with van der Waals surface area (Å²) in [5, 5.41) is 0. The predicted octanol–water partition coefficient (Wildman–Crippen LogP) is 6.01. The molecular formula is C33H37F7N4O4. The molecule has 5 rings (SSSR count). The summed E-state index contributed by atoms with van der Waals surface area (Å²) < 4.78 is 100. The molecule has 8 nitrogen and oxygen atoms in total. The van der Waals surface area contributed by atoms with Gasteiger partial charge in [-0.05, 0) is 61.6 Å². The second-order valence-electron chi connectivity index (χ2n) is 12.7. The van der Waals surface area contributed by atoms with Gasteiger partial charge in [0.15, 0.2) is 0 Å². The Kier molecular flexibility index (Phi) is 10.3. The van der Waals surface area contributed by atoms with E-state index in [9.17, 15) is 45.1 Å². The van der Waals surface area contributed by atoms with Crippen molar-refractivity contribution >= 4 is 23.5 Å². The molecule has 2 heterocycles. The normalized spacial score (nSPS) is 23.6. The zero-order valence-corrected chi connectivity index (χ0v) is 26.5. The van der Waals surface area contributed by atoms with Crippen molar-refractivity contribution in [3.05, 3.63) is 65.0 Å². The third-order valence-electron chi connectivity index (χ3n) is 9.69. The lowest BCUT2D eigenvalue weighted by Crippen LogP contribution is -2.48. The van der Waals surface area contributed by atoms with Gasteiger partial charge in [-0.25, -0.2) is 9.18 Å². The van der Waals surface area contributed by atoms with Gasteiger partial charge in [0, 0.05) is 63.7 Å². The number of likely N-dealkylation sites (tertiary alicyclic amines) is 1. The molecule has 3 fully saturated rings. The molecule has 0 N–H and O–H groups in total. The van der Waals surface area contributed by atoms with Crippen LogP contribution in [0.4, 0.5) is 41.2 Å². The van der Waals surface area contributed by atoms with E-state index in [0.29, 0.717) is 74.6 Å². The number of urea groups is 1.